The number of nitrogens with zero attached hydrogens (tertiary/aromatic N) is 3. The predicted molar refractivity (Wildman–Crippen MR) is 132 cm³/mol. The Morgan fingerprint density at radius 1 is 1.17 bits per heavy atom. The molecule has 1 aliphatic rings. The summed E-state index contributed by atoms with van der Waals surface area (Å²) in [5.41, 5.74) is 1.63. The van der Waals surface area contributed by atoms with Crippen molar-refractivity contribution in [3.8, 4) is 11.3 Å². The molecule has 2 amide bonds. The SMILES string of the molecule is O=C(CCN(C[C@@H]1CCCO1)C(=O)c1cc(-c2ccc(Cl)cc2Cl)on1)NCCc1ccccn1. The van der Waals surface area contributed by atoms with E-state index < -0.39 is 0 Å². The molecule has 35 heavy (non-hydrogen) atoms. The first-order chi connectivity index (χ1) is 17.0. The van der Waals surface area contributed by atoms with Crippen molar-refractivity contribution in [1.29, 1.82) is 0 Å². The summed E-state index contributed by atoms with van der Waals surface area (Å²) in [4.78, 5) is 31.6. The summed E-state index contributed by atoms with van der Waals surface area (Å²) >= 11 is 12.2. The summed E-state index contributed by atoms with van der Waals surface area (Å²) in [7, 11) is 0. The maximum atomic E-state index is 13.3. The number of hydrogen-bond acceptors (Lipinski definition) is 6. The molecular formula is C25H26Cl2N4O4. The van der Waals surface area contributed by atoms with Gasteiger partial charge in [0, 0.05) is 67.6 Å². The van der Waals surface area contributed by atoms with Gasteiger partial charge in [0.1, 0.15) is 0 Å². The van der Waals surface area contributed by atoms with E-state index in [2.05, 4.69) is 15.5 Å². The van der Waals surface area contributed by atoms with Crippen LogP contribution in [0.15, 0.2) is 53.2 Å². The fraction of sp³-hybridized carbons (Fsp3) is 0.360. The van der Waals surface area contributed by atoms with Gasteiger partial charge in [-0.1, -0.05) is 34.4 Å². The Balaban J connectivity index is 1.38. The van der Waals surface area contributed by atoms with Crippen LogP contribution < -0.4 is 5.32 Å². The molecule has 0 radical (unpaired) electrons. The average Bonchev–Trinajstić information content (AvgIpc) is 3.54. The molecule has 1 N–H and O–H groups in total. The minimum absolute atomic E-state index is 0.0664. The van der Waals surface area contributed by atoms with Crippen molar-refractivity contribution in [2.75, 3.05) is 26.2 Å². The number of pyridine rings is 1. The monoisotopic (exact) mass is 516 g/mol. The number of carbonyl (C=O) groups is 2. The molecule has 1 aliphatic heterocycles. The topological polar surface area (TPSA) is 97.6 Å². The van der Waals surface area contributed by atoms with Gasteiger partial charge >= 0.3 is 0 Å². The van der Waals surface area contributed by atoms with Crippen LogP contribution in [0.4, 0.5) is 0 Å². The molecule has 1 saturated heterocycles. The fourth-order valence-electron chi connectivity index (χ4n) is 3.87. The van der Waals surface area contributed by atoms with Gasteiger partial charge < -0.3 is 19.5 Å². The molecule has 0 saturated carbocycles. The molecular weight excluding hydrogens is 491 g/mol. The zero-order chi connectivity index (χ0) is 24.6. The first kappa shape index (κ1) is 25.2. The highest BCUT2D eigenvalue weighted by atomic mass is 35.5. The smallest absolute Gasteiger partial charge is 0.276 e. The lowest BCUT2D eigenvalue weighted by Gasteiger charge is -2.24. The maximum Gasteiger partial charge on any atom is 0.276 e. The van der Waals surface area contributed by atoms with Crippen molar-refractivity contribution < 1.29 is 18.8 Å². The van der Waals surface area contributed by atoms with Crippen LogP contribution >= 0.6 is 23.2 Å². The standard InChI is InChI=1S/C25H26Cl2N4O4/c26-17-6-7-20(21(27)14-17)23-15-22(30-35-23)25(33)31(16-19-5-3-13-34-19)12-9-24(32)29-11-8-18-4-1-2-10-28-18/h1-2,4,6-7,10,14-15,19H,3,5,8-9,11-13,16H2,(H,29,32)/t19-/m0/s1. The Labute approximate surface area is 213 Å². The van der Waals surface area contributed by atoms with Gasteiger partial charge in [0.25, 0.3) is 5.91 Å². The number of carbonyl (C=O) groups excluding carboxylic acids is 2. The fourth-order valence-corrected chi connectivity index (χ4v) is 4.37. The van der Waals surface area contributed by atoms with Crippen LogP contribution in [0.3, 0.4) is 0 Å². The highest BCUT2D eigenvalue weighted by Gasteiger charge is 2.26. The summed E-state index contributed by atoms with van der Waals surface area (Å²) in [6.45, 7) is 1.76. The molecule has 0 bridgehead atoms. The van der Waals surface area contributed by atoms with Crippen LogP contribution in [0.5, 0.6) is 0 Å². The van der Waals surface area contributed by atoms with E-state index in [1.54, 1.807) is 35.4 Å². The molecule has 0 aliphatic carbocycles. The summed E-state index contributed by atoms with van der Waals surface area (Å²) < 4.78 is 11.1. The number of hydrogen-bond donors (Lipinski definition) is 1. The molecule has 1 fully saturated rings. The lowest BCUT2D eigenvalue weighted by molar-refractivity contribution is -0.121. The van der Waals surface area contributed by atoms with Gasteiger partial charge in [-0.3, -0.25) is 14.6 Å². The summed E-state index contributed by atoms with van der Waals surface area (Å²) in [5.74, 6) is -0.110. The molecule has 8 nitrogen and oxygen atoms in total. The van der Waals surface area contributed by atoms with Gasteiger partial charge in [0.05, 0.1) is 11.1 Å². The van der Waals surface area contributed by atoms with Crippen LogP contribution in [0.25, 0.3) is 11.3 Å². The number of nitrogens with one attached hydrogen (secondary N) is 1. The number of benzene rings is 1. The largest absolute Gasteiger partial charge is 0.376 e. The third-order valence-corrected chi connectivity index (χ3v) is 6.25. The van der Waals surface area contributed by atoms with Crippen molar-refractivity contribution in [2.24, 2.45) is 0 Å². The van der Waals surface area contributed by atoms with E-state index in [1.165, 1.54) is 0 Å². The lowest BCUT2D eigenvalue weighted by atomic mass is 10.1. The van der Waals surface area contributed by atoms with Crippen LogP contribution in [0.1, 0.15) is 35.4 Å². The van der Waals surface area contributed by atoms with Gasteiger partial charge in [-0.2, -0.15) is 0 Å². The van der Waals surface area contributed by atoms with Crippen LogP contribution in [-0.4, -0.2) is 59.2 Å². The Bertz CT molecular complexity index is 1150. The molecule has 2 aromatic heterocycles. The first-order valence-electron chi connectivity index (χ1n) is 11.5. The van der Waals surface area contributed by atoms with Crippen LogP contribution in [0.2, 0.25) is 10.0 Å². The van der Waals surface area contributed by atoms with E-state index in [0.717, 1.165) is 18.5 Å². The summed E-state index contributed by atoms with van der Waals surface area (Å²) in [5, 5.41) is 7.73. The number of ether oxygens (including phenoxy) is 1. The van der Waals surface area contributed by atoms with E-state index in [-0.39, 0.29) is 36.6 Å². The van der Waals surface area contributed by atoms with Crippen molar-refractivity contribution in [3.05, 3.63) is 70.1 Å². The lowest BCUT2D eigenvalue weighted by Crippen LogP contribution is -2.40. The molecule has 10 heteroatoms. The third-order valence-electron chi connectivity index (χ3n) is 5.70. The molecule has 1 aromatic carbocycles. The van der Waals surface area contributed by atoms with Crippen molar-refractivity contribution in [1.82, 2.24) is 20.4 Å². The van der Waals surface area contributed by atoms with Gasteiger partial charge in [-0.05, 0) is 43.2 Å². The quantitative estimate of drug-likeness (QED) is 0.428. The molecule has 4 rings (SSSR count). The number of rotatable bonds is 10. The molecule has 3 aromatic rings. The van der Waals surface area contributed by atoms with Gasteiger partial charge in [0.15, 0.2) is 11.5 Å². The Kier molecular flexibility index (Phi) is 8.74. The molecule has 0 spiro atoms. The summed E-state index contributed by atoms with van der Waals surface area (Å²) in [6.07, 6.45) is 4.27. The maximum absolute atomic E-state index is 13.3. The van der Waals surface area contributed by atoms with Gasteiger partial charge in [-0.25, -0.2) is 0 Å². The molecule has 184 valence electrons. The zero-order valence-electron chi connectivity index (χ0n) is 19.1. The Morgan fingerprint density at radius 3 is 2.80 bits per heavy atom. The Morgan fingerprint density at radius 2 is 2.06 bits per heavy atom. The predicted octanol–water partition coefficient (Wildman–Crippen LogP) is 4.41. The van der Waals surface area contributed by atoms with E-state index in [0.29, 0.717) is 47.5 Å². The second kappa shape index (κ2) is 12.2. The zero-order valence-corrected chi connectivity index (χ0v) is 20.6. The third kappa shape index (κ3) is 7.04. The molecule has 1 atom stereocenters. The van der Waals surface area contributed by atoms with E-state index in [4.69, 9.17) is 32.5 Å². The van der Waals surface area contributed by atoms with E-state index in [9.17, 15) is 9.59 Å². The van der Waals surface area contributed by atoms with Crippen LogP contribution in [-0.2, 0) is 16.0 Å². The van der Waals surface area contributed by atoms with Gasteiger partial charge in [0.2, 0.25) is 5.91 Å². The van der Waals surface area contributed by atoms with Gasteiger partial charge in [-0.15, -0.1) is 0 Å². The molecule has 3 heterocycles. The number of amides is 2. The number of aromatic nitrogens is 2. The van der Waals surface area contributed by atoms with Crippen molar-refractivity contribution in [2.45, 2.75) is 31.8 Å². The molecule has 0 unspecified atom stereocenters. The normalized spacial score (nSPS) is 15.2. The highest BCUT2D eigenvalue weighted by molar-refractivity contribution is 6.36. The number of halogens is 2. The van der Waals surface area contributed by atoms with Crippen molar-refractivity contribution >= 4 is 35.0 Å². The second-order valence-corrected chi connectivity index (χ2v) is 9.10. The minimum atomic E-state index is -0.332. The minimum Gasteiger partial charge on any atom is -0.376 e. The van der Waals surface area contributed by atoms with E-state index in [1.807, 2.05) is 18.2 Å². The highest BCUT2D eigenvalue weighted by Crippen LogP contribution is 2.31. The Hall–Kier alpha value is -2.94. The average molecular weight is 517 g/mol. The van der Waals surface area contributed by atoms with Crippen molar-refractivity contribution in [3.63, 3.8) is 0 Å². The first-order valence-corrected chi connectivity index (χ1v) is 12.2. The van der Waals surface area contributed by atoms with Crippen LogP contribution in [0, 0.1) is 0 Å². The summed E-state index contributed by atoms with van der Waals surface area (Å²) in [6, 6.07) is 12.2. The second-order valence-electron chi connectivity index (χ2n) is 8.26. The van der Waals surface area contributed by atoms with E-state index >= 15 is 0 Å².